The zero-order valence-corrected chi connectivity index (χ0v) is 20.8. The van der Waals surface area contributed by atoms with Gasteiger partial charge in [0.15, 0.2) is 0 Å². The Morgan fingerprint density at radius 2 is 1.97 bits per heavy atom. The highest BCUT2D eigenvalue weighted by molar-refractivity contribution is 6.07. The van der Waals surface area contributed by atoms with Crippen molar-refractivity contribution < 1.29 is 9.53 Å². The van der Waals surface area contributed by atoms with E-state index >= 15 is 0 Å². The summed E-state index contributed by atoms with van der Waals surface area (Å²) in [5, 5.41) is 6.85. The standard InChI is InChI=1S/C25H39N7O2/c1-4-11-26-23-17-24(32(18-33)19-7-5-6-8-19)29-25(28-23)27-21-10-9-20(16-22(21)34-3)31-14-12-30(2)13-15-31/h9-10,16,18-19,23,26H,4-8,11-15,17H2,1-3H3,(H,27,28). The first-order valence-corrected chi connectivity index (χ1v) is 12.6. The van der Waals surface area contributed by atoms with Crippen molar-refractivity contribution in [3.05, 3.63) is 18.2 Å². The first kappa shape index (κ1) is 24.5. The van der Waals surface area contributed by atoms with Gasteiger partial charge in [-0.1, -0.05) is 19.8 Å². The number of amidine groups is 1. The Morgan fingerprint density at radius 3 is 2.65 bits per heavy atom. The first-order valence-electron chi connectivity index (χ1n) is 12.6. The lowest BCUT2D eigenvalue weighted by molar-refractivity contribution is -0.116. The molecular weight excluding hydrogens is 430 g/mol. The number of anilines is 2. The molecule has 1 aromatic rings. The quantitative estimate of drug-likeness (QED) is 0.570. The van der Waals surface area contributed by atoms with E-state index < -0.39 is 0 Å². The molecule has 0 spiro atoms. The fourth-order valence-corrected chi connectivity index (χ4v) is 4.92. The minimum Gasteiger partial charge on any atom is -0.494 e. The molecule has 34 heavy (non-hydrogen) atoms. The number of ether oxygens (including phenoxy) is 1. The number of methoxy groups -OCH3 is 1. The molecule has 1 unspecified atom stereocenters. The summed E-state index contributed by atoms with van der Waals surface area (Å²) in [6, 6.07) is 6.46. The number of hydrogen-bond donors (Lipinski definition) is 2. The number of nitrogens with one attached hydrogen (secondary N) is 2. The monoisotopic (exact) mass is 469 g/mol. The van der Waals surface area contributed by atoms with Crippen molar-refractivity contribution in [3.8, 4) is 5.75 Å². The largest absolute Gasteiger partial charge is 0.494 e. The summed E-state index contributed by atoms with van der Waals surface area (Å²) in [7, 11) is 3.84. The lowest BCUT2D eigenvalue weighted by atomic mass is 10.1. The Hall–Kier alpha value is -2.65. The number of likely N-dealkylation sites (N-methyl/N-ethyl adjacent to an activating group) is 1. The van der Waals surface area contributed by atoms with Gasteiger partial charge in [-0.15, -0.1) is 0 Å². The molecular formula is C25H39N7O2. The molecule has 4 rings (SSSR count). The number of rotatable bonds is 8. The molecule has 1 aromatic carbocycles. The van der Waals surface area contributed by atoms with Crippen LogP contribution in [-0.2, 0) is 4.79 Å². The van der Waals surface area contributed by atoms with Gasteiger partial charge in [0.1, 0.15) is 17.8 Å². The molecule has 1 aliphatic carbocycles. The van der Waals surface area contributed by atoms with Crippen LogP contribution in [0.3, 0.4) is 0 Å². The van der Waals surface area contributed by atoms with E-state index in [4.69, 9.17) is 14.7 Å². The maximum atomic E-state index is 12.0. The minimum atomic E-state index is -0.116. The van der Waals surface area contributed by atoms with Gasteiger partial charge < -0.3 is 19.9 Å². The molecule has 3 aliphatic rings. The maximum Gasteiger partial charge on any atom is 0.225 e. The second-order valence-electron chi connectivity index (χ2n) is 9.41. The van der Waals surface area contributed by atoms with Crippen LogP contribution in [0, 0.1) is 0 Å². The van der Waals surface area contributed by atoms with Crippen molar-refractivity contribution in [3.63, 3.8) is 0 Å². The van der Waals surface area contributed by atoms with Crippen molar-refractivity contribution in [1.29, 1.82) is 0 Å². The summed E-state index contributed by atoms with van der Waals surface area (Å²) in [4.78, 5) is 28.2. The highest BCUT2D eigenvalue weighted by Gasteiger charge is 2.29. The van der Waals surface area contributed by atoms with Crippen molar-refractivity contribution in [2.24, 2.45) is 9.98 Å². The Labute approximate surface area is 203 Å². The molecule has 9 heteroatoms. The van der Waals surface area contributed by atoms with Crippen LogP contribution in [0.1, 0.15) is 45.4 Å². The van der Waals surface area contributed by atoms with Crippen molar-refractivity contribution >= 4 is 29.6 Å². The van der Waals surface area contributed by atoms with Crippen LogP contribution in [0.5, 0.6) is 5.75 Å². The van der Waals surface area contributed by atoms with E-state index in [9.17, 15) is 4.79 Å². The molecule has 9 nitrogen and oxygen atoms in total. The predicted molar refractivity (Wildman–Crippen MR) is 138 cm³/mol. The summed E-state index contributed by atoms with van der Waals surface area (Å²) in [6.07, 6.45) is 6.85. The number of benzene rings is 1. The molecule has 186 valence electrons. The summed E-state index contributed by atoms with van der Waals surface area (Å²) < 4.78 is 5.72. The fraction of sp³-hybridized carbons (Fsp3) is 0.640. The predicted octanol–water partition coefficient (Wildman–Crippen LogP) is 2.74. The van der Waals surface area contributed by atoms with E-state index in [-0.39, 0.29) is 12.2 Å². The average Bonchev–Trinajstić information content (AvgIpc) is 3.38. The van der Waals surface area contributed by atoms with Crippen molar-refractivity contribution in [2.75, 3.05) is 57.1 Å². The van der Waals surface area contributed by atoms with E-state index in [0.29, 0.717) is 12.4 Å². The van der Waals surface area contributed by atoms with Crippen LogP contribution in [0.25, 0.3) is 0 Å². The molecule has 0 aromatic heterocycles. The lowest BCUT2D eigenvalue weighted by Gasteiger charge is -2.34. The number of piperazine rings is 1. The van der Waals surface area contributed by atoms with Gasteiger partial charge in [0.2, 0.25) is 12.4 Å². The normalized spacial score (nSPS) is 21.7. The second-order valence-corrected chi connectivity index (χ2v) is 9.41. The van der Waals surface area contributed by atoms with E-state index in [1.807, 2.05) is 11.0 Å². The number of guanidine groups is 1. The van der Waals surface area contributed by atoms with Crippen LogP contribution >= 0.6 is 0 Å². The maximum absolute atomic E-state index is 12.0. The molecule has 2 heterocycles. The van der Waals surface area contributed by atoms with Crippen LogP contribution in [0.15, 0.2) is 28.2 Å². The number of carbonyl (C=O) groups is 1. The van der Waals surface area contributed by atoms with Crippen LogP contribution in [0.4, 0.5) is 11.4 Å². The lowest BCUT2D eigenvalue weighted by Crippen LogP contribution is -2.45. The van der Waals surface area contributed by atoms with Gasteiger partial charge in [-0.05, 0) is 45.0 Å². The second kappa shape index (κ2) is 11.7. The van der Waals surface area contributed by atoms with Gasteiger partial charge in [0.05, 0.1) is 12.8 Å². The molecule has 1 saturated carbocycles. The smallest absolute Gasteiger partial charge is 0.225 e. The third-order valence-corrected chi connectivity index (χ3v) is 6.95. The number of amides is 1. The van der Waals surface area contributed by atoms with Gasteiger partial charge in [-0.2, -0.15) is 4.99 Å². The summed E-state index contributed by atoms with van der Waals surface area (Å²) in [6.45, 7) is 7.10. The summed E-state index contributed by atoms with van der Waals surface area (Å²) >= 11 is 0. The van der Waals surface area contributed by atoms with Crippen molar-refractivity contribution in [2.45, 2.75) is 57.7 Å². The van der Waals surface area contributed by atoms with Crippen LogP contribution in [-0.4, -0.2) is 87.1 Å². The molecule has 2 N–H and O–H groups in total. The zero-order chi connectivity index (χ0) is 23.9. The first-order chi connectivity index (χ1) is 16.6. The number of hydrogen-bond acceptors (Lipinski definition) is 8. The van der Waals surface area contributed by atoms with Gasteiger partial charge in [0.25, 0.3) is 0 Å². The Kier molecular flexibility index (Phi) is 8.39. The number of aliphatic imine (C=N–C) groups is 2. The van der Waals surface area contributed by atoms with Crippen molar-refractivity contribution in [1.82, 2.24) is 15.1 Å². The molecule has 0 radical (unpaired) electrons. The van der Waals surface area contributed by atoms with Gasteiger partial charge in [0, 0.05) is 50.4 Å². The van der Waals surface area contributed by atoms with Crippen LogP contribution < -0.4 is 20.3 Å². The van der Waals surface area contributed by atoms with Gasteiger partial charge in [-0.25, -0.2) is 4.99 Å². The molecule has 0 bridgehead atoms. The average molecular weight is 470 g/mol. The fourth-order valence-electron chi connectivity index (χ4n) is 4.92. The Bertz CT molecular complexity index is 889. The Morgan fingerprint density at radius 1 is 1.21 bits per heavy atom. The third kappa shape index (κ3) is 5.88. The van der Waals surface area contributed by atoms with E-state index in [1.165, 1.54) is 0 Å². The van der Waals surface area contributed by atoms with E-state index in [0.717, 1.165) is 94.2 Å². The number of nitrogens with zero attached hydrogens (tertiary/aromatic N) is 5. The molecule has 1 amide bonds. The van der Waals surface area contributed by atoms with Gasteiger partial charge in [-0.3, -0.25) is 15.0 Å². The Balaban J connectivity index is 1.55. The molecule has 1 atom stereocenters. The topological polar surface area (TPSA) is 84.8 Å². The molecule has 2 aliphatic heterocycles. The highest BCUT2D eigenvalue weighted by Crippen LogP contribution is 2.31. The van der Waals surface area contributed by atoms with E-state index in [2.05, 4.69) is 46.5 Å². The minimum absolute atomic E-state index is 0.116. The molecule has 1 saturated heterocycles. The van der Waals surface area contributed by atoms with Gasteiger partial charge >= 0.3 is 0 Å². The summed E-state index contributed by atoms with van der Waals surface area (Å²) in [5.41, 5.74) is 1.97. The van der Waals surface area contributed by atoms with E-state index in [1.54, 1.807) is 7.11 Å². The van der Waals surface area contributed by atoms with Crippen LogP contribution in [0.2, 0.25) is 0 Å². The SMILES string of the molecule is CCCNC1CC(N(C=O)C2CCCC2)=NC(Nc2ccc(N3CCN(C)CC3)cc2OC)=N1. The third-order valence-electron chi connectivity index (χ3n) is 6.95. The zero-order valence-electron chi connectivity index (χ0n) is 20.8. The molecule has 2 fully saturated rings. The summed E-state index contributed by atoms with van der Waals surface area (Å²) in [5.74, 6) is 2.04. The number of carbonyl (C=O) groups excluding carboxylic acids is 1. The highest BCUT2D eigenvalue weighted by atomic mass is 16.5.